The van der Waals surface area contributed by atoms with Crippen LogP contribution in [0.25, 0.3) is 29.0 Å². The smallest absolute Gasteiger partial charge is 0.411 e. The number of nitrogens with zero attached hydrogens (tertiary/aromatic N) is 1. The second-order valence-electron chi connectivity index (χ2n) is 6.29. The van der Waals surface area contributed by atoms with Crippen molar-refractivity contribution in [2.24, 2.45) is 0 Å². The van der Waals surface area contributed by atoms with Crippen LogP contribution in [-0.2, 0) is 11.2 Å². The molecule has 2 aromatic carbocycles. The summed E-state index contributed by atoms with van der Waals surface area (Å²) in [5.74, 6) is 0.552. The van der Waals surface area contributed by atoms with Gasteiger partial charge in [-0.15, -0.1) is 0 Å². The van der Waals surface area contributed by atoms with Crippen molar-refractivity contribution in [2.75, 3.05) is 20.2 Å². The van der Waals surface area contributed by atoms with Gasteiger partial charge in [0.15, 0.2) is 0 Å². The quantitative estimate of drug-likeness (QED) is 0.934. The summed E-state index contributed by atoms with van der Waals surface area (Å²) >= 11 is 0. The molecule has 0 aromatic heterocycles. The van der Waals surface area contributed by atoms with Crippen molar-refractivity contribution in [3.63, 3.8) is 0 Å². The molecule has 1 N–H and O–H groups in total. The Morgan fingerprint density at radius 2 is 2.00 bits per heavy atom. The second-order valence-corrected chi connectivity index (χ2v) is 6.29. The van der Waals surface area contributed by atoms with Crippen LogP contribution in [0.4, 0.5) is 4.79 Å². The maximum atomic E-state index is 12.0. The number of carbonyl (C=O) groups excluding carboxylic acids is 1. The molecular formula is C21H19NO3. The number of aliphatic hydroxyl groups excluding tert-OH is 1. The van der Waals surface area contributed by atoms with Crippen molar-refractivity contribution >= 4 is 35.1 Å². The fraction of sp³-hybridized carbons (Fsp3) is 0.190. The molecule has 0 unspecified atom stereocenters. The van der Waals surface area contributed by atoms with Crippen LogP contribution in [0.3, 0.4) is 0 Å². The van der Waals surface area contributed by atoms with E-state index in [1.165, 1.54) is 32.0 Å². The number of carbonyl (C=O) groups is 1. The summed E-state index contributed by atoms with van der Waals surface area (Å²) in [6, 6.07) is 8.54. The number of ether oxygens (including phenoxy) is 1. The van der Waals surface area contributed by atoms with Crippen molar-refractivity contribution in [3.05, 3.63) is 63.7 Å². The lowest BCUT2D eigenvalue weighted by Crippen LogP contribution is -2.30. The zero-order valence-electron chi connectivity index (χ0n) is 14.0. The summed E-state index contributed by atoms with van der Waals surface area (Å²) in [7, 11) is 1.61. The third-order valence-electron chi connectivity index (χ3n) is 4.72. The van der Waals surface area contributed by atoms with Crippen molar-refractivity contribution in [3.8, 4) is 0 Å². The van der Waals surface area contributed by atoms with Crippen molar-refractivity contribution in [1.82, 2.24) is 4.90 Å². The minimum Gasteiger partial charge on any atom is -0.411 e. The zero-order chi connectivity index (χ0) is 17.4. The van der Waals surface area contributed by atoms with Gasteiger partial charge in [0.2, 0.25) is 0 Å². The van der Waals surface area contributed by atoms with E-state index in [0.29, 0.717) is 5.76 Å². The summed E-state index contributed by atoms with van der Waals surface area (Å²) in [6.07, 6.45) is 10.5. The Labute approximate surface area is 145 Å². The topological polar surface area (TPSA) is 49.8 Å². The van der Waals surface area contributed by atoms with Gasteiger partial charge in [-0.3, -0.25) is 0 Å². The average Bonchev–Trinajstić information content (AvgIpc) is 3.10. The molecule has 0 spiro atoms. The Balaban J connectivity index is 1.69. The van der Waals surface area contributed by atoms with Gasteiger partial charge >= 0.3 is 6.09 Å². The maximum Gasteiger partial charge on any atom is 0.415 e. The van der Waals surface area contributed by atoms with Crippen molar-refractivity contribution in [2.45, 2.75) is 6.42 Å². The zero-order valence-corrected chi connectivity index (χ0v) is 14.0. The van der Waals surface area contributed by atoms with E-state index in [1.54, 1.807) is 7.05 Å². The van der Waals surface area contributed by atoms with E-state index in [2.05, 4.69) is 42.5 Å². The fourth-order valence-corrected chi connectivity index (χ4v) is 3.37. The van der Waals surface area contributed by atoms with Crippen LogP contribution in [0.1, 0.15) is 11.1 Å². The third-order valence-corrected chi connectivity index (χ3v) is 4.72. The van der Waals surface area contributed by atoms with Crippen LogP contribution in [0.5, 0.6) is 0 Å². The molecule has 0 saturated heterocycles. The Hall–Kier alpha value is -2.85. The maximum absolute atomic E-state index is 12.0. The number of benzene rings is 2. The molecular weight excluding hydrogens is 314 g/mol. The third kappa shape index (κ3) is 2.75. The highest BCUT2D eigenvalue weighted by molar-refractivity contribution is 5.96. The molecule has 1 amide bonds. The number of allylic oxidation sites excluding steroid dienone is 3. The van der Waals surface area contributed by atoms with Crippen LogP contribution in [0.2, 0.25) is 0 Å². The summed E-state index contributed by atoms with van der Waals surface area (Å²) in [4.78, 5) is 13.3. The van der Waals surface area contributed by atoms with E-state index in [-0.39, 0.29) is 13.2 Å². The molecule has 0 bridgehead atoms. The predicted octanol–water partition coefficient (Wildman–Crippen LogP) is 1.93. The van der Waals surface area contributed by atoms with Crippen LogP contribution in [-0.4, -0.2) is 36.3 Å². The van der Waals surface area contributed by atoms with E-state index < -0.39 is 6.09 Å². The molecule has 4 nitrogen and oxygen atoms in total. The molecule has 0 heterocycles. The van der Waals surface area contributed by atoms with Gasteiger partial charge in [0.1, 0.15) is 5.76 Å². The van der Waals surface area contributed by atoms with E-state index in [9.17, 15) is 4.79 Å². The molecule has 4 rings (SSSR count). The molecule has 4 heteroatoms. The molecule has 0 atom stereocenters. The first-order valence-electron chi connectivity index (χ1n) is 8.36. The Bertz CT molecular complexity index is 1050. The van der Waals surface area contributed by atoms with E-state index in [4.69, 9.17) is 9.84 Å². The van der Waals surface area contributed by atoms with Crippen LogP contribution in [0.15, 0.2) is 42.2 Å². The predicted molar refractivity (Wildman–Crippen MR) is 99.1 cm³/mol. The first-order chi connectivity index (χ1) is 12.2. The molecule has 2 aliphatic carbocycles. The number of hydrogen-bond donors (Lipinski definition) is 1. The van der Waals surface area contributed by atoms with Crippen LogP contribution < -0.4 is 10.4 Å². The highest BCUT2D eigenvalue weighted by Crippen LogP contribution is 2.23. The van der Waals surface area contributed by atoms with Crippen molar-refractivity contribution in [1.29, 1.82) is 0 Å². The highest BCUT2D eigenvalue weighted by Gasteiger charge is 2.15. The molecule has 2 aromatic rings. The number of fused-ring (bicyclic) bond motifs is 5. The number of aliphatic hydroxyl groups is 1. The van der Waals surface area contributed by atoms with Gasteiger partial charge in [-0.1, -0.05) is 42.5 Å². The van der Waals surface area contributed by atoms with Crippen LogP contribution in [0, 0.1) is 0 Å². The normalized spacial score (nSPS) is 14.2. The number of rotatable bonds is 3. The van der Waals surface area contributed by atoms with Gasteiger partial charge in [-0.25, -0.2) is 4.79 Å². The van der Waals surface area contributed by atoms with Gasteiger partial charge in [0.05, 0.1) is 6.61 Å². The van der Waals surface area contributed by atoms with E-state index in [0.717, 1.165) is 11.6 Å². The van der Waals surface area contributed by atoms with Gasteiger partial charge in [0, 0.05) is 13.6 Å². The summed E-state index contributed by atoms with van der Waals surface area (Å²) in [5.41, 5.74) is 2.52. The largest absolute Gasteiger partial charge is 0.415 e. The number of amides is 1. The van der Waals surface area contributed by atoms with Crippen molar-refractivity contribution < 1.29 is 14.6 Å². The summed E-state index contributed by atoms with van der Waals surface area (Å²) < 4.78 is 5.41. The number of likely N-dealkylation sites (N-methyl/N-ethyl adjacent to an activating group) is 1. The minimum atomic E-state index is -0.459. The van der Waals surface area contributed by atoms with E-state index in [1.807, 2.05) is 12.2 Å². The minimum absolute atomic E-state index is 0.0839. The lowest BCUT2D eigenvalue weighted by Gasteiger charge is -2.18. The molecule has 2 aliphatic rings. The SMILES string of the molecule is CN(CCO)C(=O)OC1=CCc2c(ccc3c4c(ccc23)=CC=C4)=C1. The monoisotopic (exact) mass is 333 g/mol. The van der Waals surface area contributed by atoms with Gasteiger partial charge < -0.3 is 14.7 Å². The Kier molecular flexibility index (Phi) is 3.90. The Morgan fingerprint density at radius 1 is 1.20 bits per heavy atom. The first kappa shape index (κ1) is 15.7. The highest BCUT2D eigenvalue weighted by atomic mass is 16.6. The average molecular weight is 333 g/mol. The molecule has 0 fully saturated rings. The summed E-state index contributed by atoms with van der Waals surface area (Å²) in [6.45, 7) is 0.169. The van der Waals surface area contributed by atoms with Crippen LogP contribution >= 0.6 is 0 Å². The van der Waals surface area contributed by atoms with E-state index >= 15 is 0 Å². The van der Waals surface area contributed by atoms with Gasteiger partial charge in [0.25, 0.3) is 0 Å². The molecule has 0 saturated carbocycles. The molecule has 126 valence electrons. The van der Waals surface area contributed by atoms with Gasteiger partial charge in [-0.2, -0.15) is 0 Å². The van der Waals surface area contributed by atoms with Gasteiger partial charge in [-0.05, 0) is 50.9 Å². The fourth-order valence-electron chi connectivity index (χ4n) is 3.37. The Morgan fingerprint density at radius 3 is 2.84 bits per heavy atom. The lowest BCUT2D eigenvalue weighted by atomic mass is 9.94. The second kappa shape index (κ2) is 6.22. The molecule has 25 heavy (non-hydrogen) atoms. The lowest BCUT2D eigenvalue weighted by molar-refractivity contribution is 0.132. The molecule has 0 radical (unpaired) electrons. The first-order valence-corrected chi connectivity index (χ1v) is 8.36. The molecule has 0 aliphatic heterocycles. The summed E-state index contributed by atoms with van der Waals surface area (Å²) in [5, 5.41) is 13.7. The number of hydrogen-bond acceptors (Lipinski definition) is 3. The standard InChI is InChI=1S/C21H19NO3/c1-22(11-12-23)21(24)25-16-7-10-18-15(13-16)6-9-19-17-4-2-3-14(17)5-8-20(18)19/h2-9,13,23H,10-12H2,1H3.